The number of amides is 1. The molecule has 1 aromatic heterocycles. The average molecular weight is 337 g/mol. The molecule has 3 rings (SSSR count). The lowest BCUT2D eigenvalue weighted by Gasteiger charge is -2.20. The van der Waals surface area contributed by atoms with Gasteiger partial charge in [-0.2, -0.15) is 0 Å². The number of carbonyl (C=O) groups is 1. The third-order valence-corrected chi connectivity index (χ3v) is 4.75. The van der Waals surface area contributed by atoms with Crippen molar-refractivity contribution in [3.8, 4) is 11.1 Å². The lowest BCUT2D eigenvalue weighted by atomic mass is 10.0. The molecule has 0 spiro atoms. The molecule has 1 aliphatic heterocycles. The van der Waals surface area contributed by atoms with Crippen LogP contribution in [0.1, 0.15) is 21.7 Å². The standard InChI is InChI=1S/C17H20N2OS.ClH/c1-13-3-5-14(6-4-13)15-7-12-21-16(15)17(20)19-10-2-8-18-9-11-19;/h3-7,12,18H,2,8-11H2,1H3;1H. The van der Waals surface area contributed by atoms with Crippen LogP contribution in [0.15, 0.2) is 35.7 Å². The van der Waals surface area contributed by atoms with E-state index in [-0.39, 0.29) is 18.3 Å². The number of carbonyl (C=O) groups excluding carboxylic acids is 1. The lowest BCUT2D eigenvalue weighted by molar-refractivity contribution is 0.0772. The number of aryl methyl sites for hydroxylation is 1. The van der Waals surface area contributed by atoms with E-state index < -0.39 is 0 Å². The van der Waals surface area contributed by atoms with E-state index in [0.29, 0.717) is 0 Å². The molecule has 1 aromatic carbocycles. The zero-order chi connectivity index (χ0) is 14.7. The molecule has 22 heavy (non-hydrogen) atoms. The van der Waals surface area contributed by atoms with E-state index in [4.69, 9.17) is 0 Å². The zero-order valence-corrected chi connectivity index (χ0v) is 14.3. The number of benzene rings is 1. The smallest absolute Gasteiger partial charge is 0.264 e. The van der Waals surface area contributed by atoms with Crippen LogP contribution in [-0.4, -0.2) is 37.0 Å². The summed E-state index contributed by atoms with van der Waals surface area (Å²) in [6.45, 7) is 5.60. The molecular weight excluding hydrogens is 316 g/mol. The Labute approximate surface area is 141 Å². The van der Waals surface area contributed by atoms with Crippen molar-refractivity contribution in [2.75, 3.05) is 26.2 Å². The fourth-order valence-electron chi connectivity index (χ4n) is 2.63. The Morgan fingerprint density at radius 3 is 2.68 bits per heavy atom. The highest BCUT2D eigenvalue weighted by molar-refractivity contribution is 7.12. The van der Waals surface area contributed by atoms with Gasteiger partial charge in [0.25, 0.3) is 5.91 Å². The zero-order valence-electron chi connectivity index (χ0n) is 12.7. The Kier molecular flexibility index (Phi) is 6.00. The third kappa shape index (κ3) is 3.69. The molecule has 0 atom stereocenters. The summed E-state index contributed by atoms with van der Waals surface area (Å²) in [6.07, 6.45) is 1.02. The van der Waals surface area contributed by atoms with E-state index in [1.54, 1.807) is 11.3 Å². The monoisotopic (exact) mass is 336 g/mol. The number of nitrogens with zero attached hydrogens (tertiary/aromatic N) is 1. The van der Waals surface area contributed by atoms with E-state index in [9.17, 15) is 4.79 Å². The van der Waals surface area contributed by atoms with Gasteiger partial charge in [-0.05, 0) is 36.9 Å². The molecule has 1 N–H and O–H groups in total. The average Bonchev–Trinajstić information content (AvgIpc) is 2.82. The van der Waals surface area contributed by atoms with Crippen molar-refractivity contribution in [2.45, 2.75) is 13.3 Å². The summed E-state index contributed by atoms with van der Waals surface area (Å²) in [4.78, 5) is 15.6. The highest BCUT2D eigenvalue weighted by atomic mass is 35.5. The van der Waals surface area contributed by atoms with Gasteiger partial charge in [-0.25, -0.2) is 0 Å². The minimum atomic E-state index is 0. The second-order valence-electron chi connectivity index (χ2n) is 5.43. The Bertz CT molecular complexity index is 616. The van der Waals surface area contributed by atoms with Crippen molar-refractivity contribution < 1.29 is 4.79 Å². The van der Waals surface area contributed by atoms with E-state index in [2.05, 4.69) is 42.6 Å². The summed E-state index contributed by atoms with van der Waals surface area (Å²) in [5, 5.41) is 5.35. The fraction of sp³-hybridized carbons (Fsp3) is 0.353. The molecular formula is C17H21ClN2OS. The van der Waals surface area contributed by atoms with Gasteiger partial charge in [0.05, 0.1) is 4.88 Å². The molecule has 1 fully saturated rings. The molecule has 1 saturated heterocycles. The summed E-state index contributed by atoms with van der Waals surface area (Å²) in [7, 11) is 0. The van der Waals surface area contributed by atoms with E-state index in [1.165, 1.54) is 5.56 Å². The number of thiophene rings is 1. The first-order valence-corrected chi connectivity index (χ1v) is 8.28. The highest BCUT2D eigenvalue weighted by Crippen LogP contribution is 2.29. The minimum Gasteiger partial charge on any atom is -0.337 e. The van der Waals surface area contributed by atoms with Crippen molar-refractivity contribution in [3.05, 3.63) is 46.2 Å². The van der Waals surface area contributed by atoms with Crippen molar-refractivity contribution in [1.29, 1.82) is 0 Å². The summed E-state index contributed by atoms with van der Waals surface area (Å²) in [5.41, 5.74) is 3.42. The molecule has 0 unspecified atom stereocenters. The number of halogens is 1. The molecule has 0 aliphatic carbocycles. The quantitative estimate of drug-likeness (QED) is 0.909. The Morgan fingerprint density at radius 1 is 1.14 bits per heavy atom. The highest BCUT2D eigenvalue weighted by Gasteiger charge is 2.21. The normalized spacial score (nSPS) is 15.0. The Balaban J connectivity index is 0.00000176. The number of hydrogen-bond donors (Lipinski definition) is 1. The van der Waals surface area contributed by atoms with E-state index >= 15 is 0 Å². The van der Waals surface area contributed by atoms with E-state index in [0.717, 1.165) is 48.6 Å². The van der Waals surface area contributed by atoms with Gasteiger partial charge in [-0.15, -0.1) is 23.7 Å². The SMILES string of the molecule is Cc1ccc(-c2ccsc2C(=O)N2CCCNCC2)cc1.Cl. The van der Waals surface area contributed by atoms with Crippen LogP contribution in [0.4, 0.5) is 0 Å². The van der Waals surface area contributed by atoms with Gasteiger partial charge in [0.2, 0.25) is 0 Å². The van der Waals surface area contributed by atoms with Crippen LogP contribution in [0.25, 0.3) is 11.1 Å². The maximum absolute atomic E-state index is 12.8. The molecule has 3 nitrogen and oxygen atoms in total. The van der Waals surface area contributed by atoms with Crippen LogP contribution in [0.2, 0.25) is 0 Å². The largest absolute Gasteiger partial charge is 0.337 e. The summed E-state index contributed by atoms with van der Waals surface area (Å²) in [5.74, 6) is 0.171. The fourth-order valence-corrected chi connectivity index (χ4v) is 3.51. The minimum absolute atomic E-state index is 0. The van der Waals surface area contributed by atoms with Crippen LogP contribution in [0, 0.1) is 6.92 Å². The van der Waals surface area contributed by atoms with Crippen LogP contribution in [0.5, 0.6) is 0 Å². The predicted molar refractivity (Wildman–Crippen MR) is 95.1 cm³/mol. The summed E-state index contributed by atoms with van der Waals surface area (Å²) >= 11 is 1.55. The van der Waals surface area contributed by atoms with E-state index in [1.807, 2.05) is 10.3 Å². The van der Waals surface area contributed by atoms with Crippen LogP contribution < -0.4 is 5.32 Å². The van der Waals surface area contributed by atoms with Gasteiger partial charge in [0.15, 0.2) is 0 Å². The first-order valence-electron chi connectivity index (χ1n) is 7.40. The second-order valence-corrected chi connectivity index (χ2v) is 6.34. The Morgan fingerprint density at radius 2 is 1.91 bits per heavy atom. The second kappa shape index (κ2) is 7.77. The van der Waals surface area contributed by atoms with Gasteiger partial charge in [0, 0.05) is 25.2 Å². The van der Waals surface area contributed by atoms with Gasteiger partial charge in [0.1, 0.15) is 0 Å². The maximum atomic E-state index is 12.8. The molecule has 5 heteroatoms. The number of hydrogen-bond acceptors (Lipinski definition) is 3. The molecule has 1 aliphatic rings. The first-order chi connectivity index (χ1) is 10.3. The van der Waals surface area contributed by atoms with Crippen molar-refractivity contribution in [3.63, 3.8) is 0 Å². The molecule has 118 valence electrons. The van der Waals surface area contributed by atoms with Gasteiger partial charge in [-0.3, -0.25) is 4.79 Å². The summed E-state index contributed by atoms with van der Waals surface area (Å²) < 4.78 is 0. The molecule has 2 heterocycles. The van der Waals surface area contributed by atoms with Crippen LogP contribution in [-0.2, 0) is 0 Å². The Hall–Kier alpha value is -1.36. The molecule has 1 amide bonds. The molecule has 0 saturated carbocycles. The number of nitrogens with one attached hydrogen (secondary N) is 1. The lowest BCUT2D eigenvalue weighted by Crippen LogP contribution is -2.33. The van der Waals surface area contributed by atoms with Crippen LogP contribution >= 0.6 is 23.7 Å². The molecule has 0 radical (unpaired) electrons. The molecule has 2 aromatic rings. The number of rotatable bonds is 2. The van der Waals surface area contributed by atoms with Gasteiger partial charge >= 0.3 is 0 Å². The maximum Gasteiger partial charge on any atom is 0.264 e. The third-order valence-electron chi connectivity index (χ3n) is 3.85. The first kappa shape index (κ1) is 17.0. The van der Waals surface area contributed by atoms with Gasteiger partial charge in [-0.1, -0.05) is 29.8 Å². The topological polar surface area (TPSA) is 32.3 Å². The summed E-state index contributed by atoms with van der Waals surface area (Å²) in [6, 6.07) is 10.4. The molecule has 0 bridgehead atoms. The van der Waals surface area contributed by atoms with Crippen molar-refractivity contribution >= 4 is 29.7 Å². The van der Waals surface area contributed by atoms with Crippen molar-refractivity contribution in [1.82, 2.24) is 10.2 Å². The predicted octanol–water partition coefficient (Wildman–Crippen LogP) is 3.58. The van der Waals surface area contributed by atoms with Crippen LogP contribution in [0.3, 0.4) is 0 Å². The van der Waals surface area contributed by atoms with Gasteiger partial charge < -0.3 is 10.2 Å². The van der Waals surface area contributed by atoms with Crippen molar-refractivity contribution in [2.24, 2.45) is 0 Å².